The topological polar surface area (TPSA) is 52.3 Å². The van der Waals surface area contributed by atoms with Crippen molar-refractivity contribution in [2.45, 2.75) is 26.3 Å². The molecule has 0 radical (unpaired) electrons. The zero-order valence-electron chi connectivity index (χ0n) is 9.41. The smallest absolute Gasteiger partial charge is 0.179 e. The van der Waals surface area contributed by atoms with E-state index in [0.717, 1.165) is 17.7 Å². The van der Waals surface area contributed by atoms with Crippen LogP contribution in [-0.4, -0.2) is 18.9 Å². The first-order valence-electron chi connectivity index (χ1n) is 5.07. The predicted octanol–water partition coefficient (Wildman–Crippen LogP) is 1.79. The fourth-order valence-electron chi connectivity index (χ4n) is 1.60. The molecule has 1 atom stereocenters. The summed E-state index contributed by atoms with van der Waals surface area (Å²) in [4.78, 5) is 11.8. The van der Waals surface area contributed by atoms with Crippen molar-refractivity contribution in [2.24, 2.45) is 5.73 Å². The van der Waals surface area contributed by atoms with Gasteiger partial charge in [0.15, 0.2) is 5.78 Å². The van der Waals surface area contributed by atoms with Gasteiger partial charge in [-0.15, -0.1) is 0 Å². The van der Waals surface area contributed by atoms with Gasteiger partial charge < -0.3 is 10.5 Å². The number of ketones is 1. The molecule has 0 aromatic heterocycles. The largest absolute Gasteiger partial charge is 0.496 e. The van der Waals surface area contributed by atoms with Crippen molar-refractivity contribution in [1.82, 2.24) is 0 Å². The molecule has 15 heavy (non-hydrogen) atoms. The average molecular weight is 207 g/mol. The third kappa shape index (κ3) is 2.36. The summed E-state index contributed by atoms with van der Waals surface area (Å²) >= 11 is 0. The maximum atomic E-state index is 11.8. The second-order valence-corrected chi connectivity index (χ2v) is 3.49. The fourth-order valence-corrected chi connectivity index (χ4v) is 1.60. The Bertz CT molecular complexity index is 359. The van der Waals surface area contributed by atoms with Gasteiger partial charge in [0, 0.05) is 11.1 Å². The summed E-state index contributed by atoms with van der Waals surface area (Å²) in [6, 6.07) is 5.00. The van der Waals surface area contributed by atoms with Crippen LogP contribution >= 0.6 is 0 Å². The average Bonchev–Trinajstić information content (AvgIpc) is 2.26. The van der Waals surface area contributed by atoms with Gasteiger partial charge in [-0.25, -0.2) is 0 Å². The van der Waals surface area contributed by atoms with E-state index in [9.17, 15) is 4.79 Å². The van der Waals surface area contributed by atoms with Crippen molar-refractivity contribution in [3.05, 3.63) is 29.3 Å². The molecule has 2 N–H and O–H groups in total. The second-order valence-electron chi connectivity index (χ2n) is 3.49. The van der Waals surface area contributed by atoms with Crippen LogP contribution in [0.3, 0.4) is 0 Å². The van der Waals surface area contributed by atoms with Crippen LogP contribution in [0.5, 0.6) is 5.75 Å². The Morgan fingerprint density at radius 3 is 2.67 bits per heavy atom. The van der Waals surface area contributed by atoms with Crippen molar-refractivity contribution in [2.75, 3.05) is 7.11 Å². The maximum absolute atomic E-state index is 11.8. The Hall–Kier alpha value is -1.35. The van der Waals surface area contributed by atoms with E-state index in [1.807, 2.05) is 19.1 Å². The Kier molecular flexibility index (Phi) is 3.86. The van der Waals surface area contributed by atoms with Gasteiger partial charge in [0.25, 0.3) is 0 Å². The van der Waals surface area contributed by atoms with E-state index in [0.29, 0.717) is 5.56 Å². The molecule has 1 aromatic carbocycles. The standard InChI is InChI=1S/C12H17NO2/c1-4-9-10(12(14)8(2)13)6-5-7-11(9)15-3/h5-8H,4,13H2,1-3H3. The van der Waals surface area contributed by atoms with Gasteiger partial charge >= 0.3 is 0 Å². The third-order valence-electron chi connectivity index (χ3n) is 2.39. The van der Waals surface area contributed by atoms with Crippen molar-refractivity contribution in [1.29, 1.82) is 0 Å². The first-order chi connectivity index (χ1) is 7.11. The van der Waals surface area contributed by atoms with Gasteiger partial charge in [-0.3, -0.25) is 4.79 Å². The normalized spacial score (nSPS) is 12.3. The highest BCUT2D eigenvalue weighted by atomic mass is 16.5. The van der Waals surface area contributed by atoms with Gasteiger partial charge in [0.05, 0.1) is 13.2 Å². The van der Waals surface area contributed by atoms with Crippen LogP contribution < -0.4 is 10.5 Å². The molecule has 0 bridgehead atoms. The molecular formula is C12H17NO2. The van der Waals surface area contributed by atoms with Crippen LogP contribution in [0, 0.1) is 0 Å². The number of ether oxygens (including phenoxy) is 1. The molecule has 0 amide bonds. The quantitative estimate of drug-likeness (QED) is 0.766. The number of benzene rings is 1. The molecule has 1 aromatic rings. The Labute approximate surface area is 90.2 Å². The Morgan fingerprint density at radius 1 is 1.53 bits per heavy atom. The molecule has 3 heteroatoms. The summed E-state index contributed by atoms with van der Waals surface area (Å²) in [5, 5.41) is 0. The molecule has 0 fully saturated rings. The lowest BCUT2D eigenvalue weighted by molar-refractivity contribution is 0.0966. The molecule has 82 valence electrons. The number of hydrogen-bond acceptors (Lipinski definition) is 3. The van der Waals surface area contributed by atoms with Crippen LogP contribution in [0.1, 0.15) is 29.8 Å². The highest BCUT2D eigenvalue weighted by Gasteiger charge is 2.16. The van der Waals surface area contributed by atoms with Gasteiger partial charge in [0.1, 0.15) is 5.75 Å². The second kappa shape index (κ2) is 4.94. The molecule has 0 saturated carbocycles. The molecule has 1 unspecified atom stereocenters. The number of nitrogens with two attached hydrogens (primary N) is 1. The molecule has 0 saturated heterocycles. The molecule has 0 aliphatic heterocycles. The number of methoxy groups -OCH3 is 1. The lowest BCUT2D eigenvalue weighted by Gasteiger charge is -2.12. The Balaban J connectivity index is 3.23. The third-order valence-corrected chi connectivity index (χ3v) is 2.39. The molecule has 1 rings (SSSR count). The number of carbonyl (C=O) groups excluding carboxylic acids is 1. The molecule has 0 aliphatic carbocycles. The lowest BCUT2D eigenvalue weighted by Crippen LogP contribution is -2.27. The first-order valence-corrected chi connectivity index (χ1v) is 5.07. The Morgan fingerprint density at radius 2 is 2.20 bits per heavy atom. The highest BCUT2D eigenvalue weighted by molar-refractivity contribution is 6.01. The minimum Gasteiger partial charge on any atom is -0.496 e. The van der Waals surface area contributed by atoms with E-state index in [4.69, 9.17) is 10.5 Å². The SMILES string of the molecule is CCc1c(OC)cccc1C(=O)C(C)N. The zero-order valence-corrected chi connectivity index (χ0v) is 9.41. The summed E-state index contributed by atoms with van der Waals surface area (Å²) in [5.74, 6) is 0.717. The molecule has 0 aliphatic rings. The van der Waals surface area contributed by atoms with Crippen molar-refractivity contribution in [3.63, 3.8) is 0 Å². The molecule has 3 nitrogen and oxygen atoms in total. The van der Waals surface area contributed by atoms with Gasteiger partial charge in [-0.05, 0) is 19.4 Å². The number of Topliss-reactive ketones (excluding diaryl/α,β-unsaturated/α-hetero) is 1. The van der Waals surface area contributed by atoms with Gasteiger partial charge in [0.2, 0.25) is 0 Å². The zero-order chi connectivity index (χ0) is 11.4. The van der Waals surface area contributed by atoms with E-state index in [1.165, 1.54) is 0 Å². The van der Waals surface area contributed by atoms with E-state index in [1.54, 1.807) is 20.1 Å². The molecule has 0 spiro atoms. The van der Waals surface area contributed by atoms with Crippen molar-refractivity contribution in [3.8, 4) is 5.75 Å². The number of hydrogen-bond donors (Lipinski definition) is 1. The number of carbonyl (C=O) groups is 1. The number of rotatable bonds is 4. The summed E-state index contributed by atoms with van der Waals surface area (Å²) < 4.78 is 5.21. The van der Waals surface area contributed by atoms with E-state index >= 15 is 0 Å². The molecular weight excluding hydrogens is 190 g/mol. The predicted molar refractivity (Wildman–Crippen MR) is 60.4 cm³/mol. The maximum Gasteiger partial charge on any atom is 0.179 e. The summed E-state index contributed by atoms with van der Waals surface area (Å²) in [6.45, 7) is 3.69. The van der Waals surface area contributed by atoms with Crippen LogP contribution in [0.15, 0.2) is 18.2 Å². The van der Waals surface area contributed by atoms with Crippen LogP contribution in [0.25, 0.3) is 0 Å². The van der Waals surface area contributed by atoms with E-state index in [-0.39, 0.29) is 5.78 Å². The summed E-state index contributed by atoms with van der Waals surface area (Å²) in [6.07, 6.45) is 0.762. The molecule has 0 heterocycles. The summed E-state index contributed by atoms with van der Waals surface area (Å²) in [7, 11) is 1.61. The first kappa shape index (κ1) is 11.7. The van der Waals surface area contributed by atoms with Crippen LogP contribution in [-0.2, 0) is 6.42 Å². The van der Waals surface area contributed by atoms with E-state index < -0.39 is 6.04 Å². The van der Waals surface area contributed by atoms with Gasteiger partial charge in [-0.2, -0.15) is 0 Å². The minimum absolute atomic E-state index is 0.0363. The van der Waals surface area contributed by atoms with Gasteiger partial charge in [-0.1, -0.05) is 19.1 Å². The minimum atomic E-state index is -0.470. The monoisotopic (exact) mass is 207 g/mol. The fraction of sp³-hybridized carbons (Fsp3) is 0.417. The van der Waals surface area contributed by atoms with Crippen molar-refractivity contribution >= 4 is 5.78 Å². The van der Waals surface area contributed by atoms with Crippen LogP contribution in [0.2, 0.25) is 0 Å². The lowest BCUT2D eigenvalue weighted by atomic mass is 9.97. The highest BCUT2D eigenvalue weighted by Crippen LogP contribution is 2.23. The van der Waals surface area contributed by atoms with Crippen LogP contribution in [0.4, 0.5) is 0 Å². The summed E-state index contributed by atoms with van der Waals surface area (Å²) in [5.41, 5.74) is 7.20. The van der Waals surface area contributed by atoms with E-state index in [2.05, 4.69) is 0 Å². The van der Waals surface area contributed by atoms with Crippen molar-refractivity contribution < 1.29 is 9.53 Å².